The van der Waals surface area contributed by atoms with Crippen molar-refractivity contribution in [2.75, 3.05) is 9.80 Å². The van der Waals surface area contributed by atoms with Gasteiger partial charge in [-0.2, -0.15) is 0 Å². The highest BCUT2D eigenvalue weighted by molar-refractivity contribution is 6.29. The van der Waals surface area contributed by atoms with Gasteiger partial charge in [0.15, 0.2) is 0 Å². The van der Waals surface area contributed by atoms with Crippen molar-refractivity contribution < 1.29 is 0 Å². The minimum absolute atomic E-state index is 0.000942. The van der Waals surface area contributed by atoms with E-state index in [4.69, 9.17) is 0 Å². The Labute approximate surface area is 441 Å². The SMILES string of the molecule is Cc1ccc(-c2c(C)cccc2C)cc1N(c1cccc(C2CCCC2)c1)c1cc(N(c2cccc(C3CCCC3)c2)c2cc(-c3c(C)cccc3C)ccc2C)c2ccc3cc(C(C)(C)C)cc4ccc1c2c43. The Morgan fingerprint density at radius 2 is 0.770 bits per heavy atom. The number of hydrogen-bond donors (Lipinski definition) is 0. The van der Waals surface area contributed by atoms with Crippen molar-refractivity contribution >= 4 is 66.4 Å². The fourth-order valence-corrected chi connectivity index (χ4v) is 13.4. The number of hydrogen-bond acceptors (Lipinski definition) is 2. The lowest BCUT2D eigenvalue weighted by atomic mass is 9.83. The van der Waals surface area contributed by atoms with Crippen LogP contribution in [0.2, 0.25) is 0 Å². The van der Waals surface area contributed by atoms with E-state index in [0.717, 1.165) is 0 Å². The highest BCUT2D eigenvalue weighted by atomic mass is 15.2. The average molecular weight is 965 g/mol. The number of anilines is 6. The van der Waals surface area contributed by atoms with E-state index in [9.17, 15) is 0 Å². The van der Waals surface area contributed by atoms with E-state index in [1.165, 1.54) is 190 Å². The maximum atomic E-state index is 2.65. The molecule has 0 N–H and O–H groups in total. The van der Waals surface area contributed by atoms with Crippen LogP contribution in [0.4, 0.5) is 34.1 Å². The molecule has 2 heteroatoms. The largest absolute Gasteiger partial charge is 0.309 e. The van der Waals surface area contributed by atoms with Crippen LogP contribution in [-0.2, 0) is 5.41 Å². The molecular formula is C72H72N2. The van der Waals surface area contributed by atoms with E-state index in [-0.39, 0.29) is 5.41 Å². The first-order valence-electron chi connectivity index (χ1n) is 27.7. The quantitative estimate of drug-likeness (QED) is 0.126. The van der Waals surface area contributed by atoms with Crippen LogP contribution in [0.3, 0.4) is 0 Å². The van der Waals surface area contributed by atoms with Gasteiger partial charge >= 0.3 is 0 Å². The van der Waals surface area contributed by atoms with E-state index in [1.54, 1.807) is 0 Å². The van der Waals surface area contributed by atoms with Crippen LogP contribution in [0.1, 0.15) is 134 Å². The van der Waals surface area contributed by atoms with Crippen molar-refractivity contribution in [2.24, 2.45) is 0 Å². The van der Waals surface area contributed by atoms with Crippen LogP contribution in [-0.4, -0.2) is 0 Å². The van der Waals surface area contributed by atoms with Gasteiger partial charge < -0.3 is 9.80 Å². The summed E-state index contributed by atoms with van der Waals surface area (Å²) in [4.78, 5) is 5.29. The number of aryl methyl sites for hydroxylation is 6. The van der Waals surface area contributed by atoms with Gasteiger partial charge in [0.05, 0.1) is 11.4 Å². The summed E-state index contributed by atoms with van der Waals surface area (Å²) in [5, 5.41) is 7.74. The number of rotatable bonds is 10. The zero-order valence-electron chi connectivity index (χ0n) is 45.3. The van der Waals surface area contributed by atoms with E-state index in [0.29, 0.717) is 11.8 Å². The molecule has 0 atom stereocenters. The summed E-state index contributed by atoms with van der Waals surface area (Å²) in [7, 11) is 0. The molecule has 0 unspecified atom stereocenters. The van der Waals surface area contributed by atoms with Crippen LogP contribution < -0.4 is 9.80 Å². The fourth-order valence-electron chi connectivity index (χ4n) is 13.4. The van der Waals surface area contributed by atoms with Crippen molar-refractivity contribution in [3.8, 4) is 22.3 Å². The molecule has 370 valence electrons. The van der Waals surface area contributed by atoms with E-state index in [2.05, 4.69) is 236 Å². The second kappa shape index (κ2) is 19.0. The third-order valence-electron chi connectivity index (χ3n) is 17.4. The van der Waals surface area contributed by atoms with Crippen molar-refractivity contribution in [1.82, 2.24) is 0 Å². The molecular weight excluding hydrogens is 893 g/mol. The Morgan fingerprint density at radius 3 is 1.18 bits per heavy atom. The zero-order valence-corrected chi connectivity index (χ0v) is 45.3. The molecule has 0 spiro atoms. The summed E-state index contributed by atoms with van der Waals surface area (Å²) >= 11 is 0. The van der Waals surface area contributed by atoms with E-state index < -0.39 is 0 Å². The lowest BCUT2D eigenvalue weighted by molar-refractivity contribution is 0.591. The molecule has 2 fully saturated rings. The highest BCUT2D eigenvalue weighted by Gasteiger charge is 2.29. The highest BCUT2D eigenvalue weighted by Crippen LogP contribution is 2.53. The zero-order chi connectivity index (χ0) is 51.0. The van der Waals surface area contributed by atoms with Crippen molar-refractivity contribution in [1.29, 1.82) is 0 Å². The van der Waals surface area contributed by atoms with Gasteiger partial charge in [0, 0.05) is 38.9 Å². The smallest absolute Gasteiger partial charge is 0.0561 e. The van der Waals surface area contributed by atoms with Crippen LogP contribution in [0.5, 0.6) is 0 Å². The van der Waals surface area contributed by atoms with Crippen LogP contribution in [0.25, 0.3) is 54.6 Å². The van der Waals surface area contributed by atoms with Gasteiger partial charge in [0.25, 0.3) is 0 Å². The Hall–Kier alpha value is -7.16. The van der Waals surface area contributed by atoms with Crippen molar-refractivity contribution in [3.05, 3.63) is 214 Å². The molecule has 0 saturated heterocycles. The molecule has 0 radical (unpaired) electrons. The topological polar surface area (TPSA) is 6.48 Å². The molecule has 12 rings (SSSR count). The Balaban J connectivity index is 1.22. The van der Waals surface area contributed by atoms with Gasteiger partial charge in [-0.3, -0.25) is 0 Å². The standard InChI is InChI=1S/C72H72N2/c1-45-30-32-57(68-47(3)18-14-19-48(68)4)42-64(45)73(60-28-16-26-53(40-60)51-22-10-11-23-51)66-44-67(63-37-35-56-39-59(72(7,8)9)38-55-34-36-62(66)71(63)70(55)56)74(61-29-17-27-54(41-61)52-24-12-13-25-52)65-43-58(33-31-46(65)2)69-49(5)20-15-21-50(69)6/h14-21,26-44,51-52H,10-13,22-25H2,1-9H3. The Kier molecular flexibility index (Phi) is 12.2. The predicted molar refractivity (Wildman–Crippen MR) is 320 cm³/mol. The first-order chi connectivity index (χ1) is 35.8. The van der Waals surface area contributed by atoms with Crippen molar-refractivity contribution in [2.45, 2.75) is 131 Å². The third-order valence-corrected chi connectivity index (χ3v) is 17.4. The normalized spacial score (nSPS) is 14.6. The summed E-state index contributed by atoms with van der Waals surface area (Å²) in [6, 6.07) is 64.3. The van der Waals surface area contributed by atoms with Gasteiger partial charge in [0.1, 0.15) is 0 Å². The molecule has 2 aliphatic rings. The molecule has 2 aliphatic carbocycles. The second-order valence-corrected chi connectivity index (χ2v) is 23.4. The van der Waals surface area contributed by atoms with Gasteiger partial charge in [-0.1, -0.05) is 168 Å². The van der Waals surface area contributed by atoms with E-state index in [1.807, 2.05) is 0 Å². The second-order valence-electron chi connectivity index (χ2n) is 23.4. The molecule has 74 heavy (non-hydrogen) atoms. The van der Waals surface area contributed by atoms with Crippen LogP contribution >= 0.6 is 0 Å². The first kappa shape index (κ1) is 47.8. The molecule has 0 bridgehead atoms. The molecule has 10 aromatic carbocycles. The predicted octanol–water partition coefficient (Wildman–Crippen LogP) is 21.3. The monoisotopic (exact) mass is 965 g/mol. The van der Waals surface area contributed by atoms with E-state index >= 15 is 0 Å². The third kappa shape index (κ3) is 8.45. The molecule has 0 aliphatic heterocycles. The summed E-state index contributed by atoms with van der Waals surface area (Å²) < 4.78 is 0. The molecule has 0 aromatic heterocycles. The molecule has 0 heterocycles. The van der Waals surface area contributed by atoms with Gasteiger partial charge in [-0.05, 0) is 215 Å². The van der Waals surface area contributed by atoms with Crippen LogP contribution in [0.15, 0.2) is 164 Å². The van der Waals surface area contributed by atoms with Crippen molar-refractivity contribution in [3.63, 3.8) is 0 Å². The lowest BCUT2D eigenvalue weighted by Crippen LogP contribution is -2.16. The Morgan fingerprint density at radius 1 is 0.365 bits per heavy atom. The maximum Gasteiger partial charge on any atom is 0.0561 e. The number of nitrogens with zero attached hydrogens (tertiary/aromatic N) is 2. The average Bonchev–Trinajstić information content (AvgIpc) is 4.16. The lowest BCUT2D eigenvalue weighted by Gasteiger charge is -2.34. The van der Waals surface area contributed by atoms with Gasteiger partial charge in [0.2, 0.25) is 0 Å². The molecule has 0 amide bonds. The first-order valence-corrected chi connectivity index (χ1v) is 27.7. The summed E-state index contributed by atoms with van der Waals surface area (Å²) in [5.74, 6) is 1.14. The molecule has 2 saturated carbocycles. The summed E-state index contributed by atoms with van der Waals surface area (Å²) in [6.07, 6.45) is 10.2. The fraction of sp³-hybridized carbons (Fsp3) is 0.278. The minimum atomic E-state index is -0.000942. The summed E-state index contributed by atoms with van der Waals surface area (Å²) in [6.45, 7) is 20.7. The summed E-state index contributed by atoms with van der Waals surface area (Å²) in [5.41, 5.74) is 24.2. The van der Waals surface area contributed by atoms with Gasteiger partial charge in [-0.25, -0.2) is 0 Å². The minimum Gasteiger partial charge on any atom is -0.309 e. The van der Waals surface area contributed by atoms with Gasteiger partial charge in [-0.15, -0.1) is 0 Å². The van der Waals surface area contributed by atoms with Crippen LogP contribution in [0, 0.1) is 41.5 Å². The molecule has 2 nitrogen and oxygen atoms in total. The Bertz CT molecular complexity index is 3480. The maximum absolute atomic E-state index is 2.65. The number of benzene rings is 10. The molecule has 10 aromatic rings.